The summed E-state index contributed by atoms with van der Waals surface area (Å²) in [6.07, 6.45) is 18.9. The quantitative estimate of drug-likeness (QED) is 0.193. The van der Waals surface area contributed by atoms with Gasteiger partial charge in [0.2, 0.25) is 0 Å². The fraction of sp³-hybridized carbons (Fsp3) is 0.394. The van der Waals surface area contributed by atoms with Crippen LogP contribution >= 0.6 is 0 Å². The van der Waals surface area contributed by atoms with Crippen LogP contribution in [0.5, 0.6) is 0 Å². The van der Waals surface area contributed by atoms with Crippen molar-refractivity contribution in [2.24, 2.45) is 0 Å². The first-order chi connectivity index (χ1) is 17.9. The molecule has 0 radical (unpaired) electrons. The van der Waals surface area contributed by atoms with E-state index in [9.17, 15) is 0 Å². The number of unbranched alkanes of at least 4 members (excludes halogenated alkanes) is 9. The summed E-state index contributed by atoms with van der Waals surface area (Å²) in [5.41, 5.74) is 2.99. The van der Waals surface area contributed by atoms with E-state index in [2.05, 4.69) is 108 Å². The second kappa shape index (κ2) is 19.0. The van der Waals surface area contributed by atoms with Gasteiger partial charge in [0, 0.05) is 0 Å². The van der Waals surface area contributed by atoms with Gasteiger partial charge in [-0.15, -0.1) is 0 Å². The Hall–Kier alpha value is -1.13. The van der Waals surface area contributed by atoms with Crippen molar-refractivity contribution in [1.82, 2.24) is 3.80 Å². The van der Waals surface area contributed by atoms with Crippen molar-refractivity contribution in [3.8, 4) is 0 Å². The van der Waals surface area contributed by atoms with E-state index in [1.165, 1.54) is 76.3 Å². The average Bonchev–Trinajstić information content (AvgIpc) is 3.36. The summed E-state index contributed by atoms with van der Waals surface area (Å²) in [6, 6.07) is 32.0. The molecule has 38 heavy (non-hydrogen) atoms. The third-order valence-electron chi connectivity index (χ3n) is 7.57. The van der Waals surface area contributed by atoms with Gasteiger partial charge in [-0.2, -0.15) is 0 Å². The topological polar surface area (TPSA) is 12.0 Å². The normalized spacial score (nSPS) is 13.6. The summed E-state index contributed by atoms with van der Waals surface area (Å²) in [5, 5.41) is 3.21. The zero-order chi connectivity index (χ0) is 24.8. The Balaban J connectivity index is 0.00000253. The standard InChI is InChI=1S/C12H26N.C12H11Si.C9H7.2ClH.Ti/c1-2-3-4-5-6-7-8-9-10-11-12-13;1-3-7-11(8-4-1)13-12-9-5-2-6-10-12;1-2-5-9-7-3-6-8(9)4-1;;;/h13H,2-12H2,1H3;1-10,13H;1-7H;2*1H;/q-1;;;;;+3/p-2. The largest absolute Gasteiger partial charge is 1.00 e. The van der Waals surface area contributed by atoms with Crippen LogP contribution in [0.3, 0.4) is 0 Å². The zero-order valence-electron chi connectivity index (χ0n) is 22.9. The first-order valence-electron chi connectivity index (χ1n) is 14.4. The maximum Gasteiger partial charge on any atom is -1.00 e. The van der Waals surface area contributed by atoms with Crippen LogP contribution < -0.4 is 39.0 Å². The summed E-state index contributed by atoms with van der Waals surface area (Å²) in [7, 11) is 0. The maximum atomic E-state index is 4.30. The third kappa shape index (κ3) is 9.81. The Morgan fingerprint density at radius 3 is 1.71 bits per heavy atom. The number of fused-ring (bicyclic) bond motifs is 1. The van der Waals surface area contributed by atoms with Gasteiger partial charge >= 0.3 is 221 Å². The minimum Gasteiger partial charge on any atom is -1.00 e. The van der Waals surface area contributed by atoms with E-state index in [1.807, 2.05) is 0 Å². The molecule has 3 aromatic carbocycles. The molecule has 0 amide bonds. The summed E-state index contributed by atoms with van der Waals surface area (Å²) < 4.78 is 4.90. The molecule has 0 heterocycles. The molecule has 0 fully saturated rings. The second-order valence-electron chi connectivity index (χ2n) is 10.3. The molecule has 1 nitrogen and oxygen atoms in total. The fourth-order valence-electron chi connectivity index (χ4n) is 5.60. The van der Waals surface area contributed by atoms with Crippen molar-refractivity contribution in [2.75, 3.05) is 6.54 Å². The molecule has 0 aliphatic heterocycles. The molecule has 1 unspecified atom stereocenters. The summed E-state index contributed by atoms with van der Waals surface area (Å²) >= 11 is -1.74. The number of hydrogen-bond acceptors (Lipinski definition) is 1. The Morgan fingerprint density at radius 1 is 0.632 bits per heavy atom. The third-order valence-corrected chi connectivity index (χ3v) is 21.5. The zero-order valence-corrected chi connectivity index (χ0v) is 27.2. The minimum atomic E-state index is -1.74. The Morgan fingerprint density at radius 2 is 1.13 bits per heavy atom. The van der Waals surface area contributed by atoms with Crippen LogP contribution in [0.1, 0.15) is 86.5 Å². The molecule has 5 heteroatoms. The molecule has 3 aromatic rings. The number of halogens is 2. The molecule has 0 bridgehead atoms. The molecule has 0 saturated heterocycles. The first kappa shape index (κ1) is 33.1. The van der Waals surface area contributed by atoms with Crippen molar-refractivity contribution in [3.63, 3.8) is 0 Å². The van der Waals surface area contributed by atoms with E-state index >= 15 is 0 Å². The second-order valence-corrected chi connectivity index (χ2v) is 20.7. The van der Waals surface area contributed by atoms with Crippen LogP contribution in [0.2, 0.25) is 0 Å². The van der Waals surface area contributed by atoms with E-state index < -0.39 is 24.0 Å². The van der Waals surface area contributed by atoms with Gasteiger partial charge < -0.3 is 24.8 Å². The molecular formula is C33H44Cl2NSiTi. The molecule has 1 N–H and O–H groups in total. The Labute approximate surface area is 251 Å². The number of rotatable bonds is 16. The molecule has 0 saturated carbocycles. The molecule has 0 aromatic heterocycles. The van der Waals surface area contributed by atoms with Gasteiger partial charge in [-0.1, -0.05) is 6.92 Å². The van der Waals surface area contributed by atoms with Crippen molar-refractivity contribution in [1.29, 1.82) is 0 Å². The van der Waals surface area contributed by atoms with E-state index in [1.54, 1.807) is 15.9 Å². The molecule has 1 aliphatic carbocycles. The average molecular weight is 602 g/mol. The predicted molar refractivity (Wildman–Crippen MR) is 157 cm³/mol. The van der Waals surface area contributed by atoms with Crippen molar-refractivity contribution < 1.29 is 42.2 Å². The maximum absolute atomic E-state index is 4.30. The monoisotopic (exact) mass is 600 g/mol. The van der Waals surface area contributed by atoms with Crippen LogP contribution in [-0.4, -0.2) is 13.2 Å². The smallest absolute Gasteiger partial charge is 1.00 e. The molecule has 1 atom stereocenters. The number of allylic oxidation sites excluding steroid dienone is 1. The summed E-state index contributed by atoms with van der Waals surface area (Å²) in [6.45, 7) is 2.12. The van der Waals surface area contributed by atoms with Gasteiger partial charge in [0.1, 0.15) is 0 Å². The number of nitrogens with one attached hydrogen (secondary N) is 1. The van der Waals surface area contributed by atoms with Crippen LogP contribution in [-0.2, 0) is 17.4 Å². The van der Waals surface area contributed by atoms with Crippen molar-refractivity contribution in [3.05, 3.63) is 102 Å². The van der Waals surface area contributed by atoms with Crippen LogP contribution in [0.4, 0.5) is 0 Å². The minimum absolute atomic E-state index is 0. The number of benzene rings is 3. The van der Waals surface area contributed by atoms with Crippen molar-refractivity contribution >= 4 is 23.1 Å². The first-order valence-corrected chi connectivity index (χ1v) is 20.5. The van der Waals surface area contributed by atoms with E-state index in [0.29, 0.717) is 4.22 Å². The van der Waals surface area contributed by atoms with E-state index in [-0.39, 0.29) is 24.8 Å². The molecule has 0 spiro atoms. The van der Waals surface area contributed by atoms with Gasteiger partial charge in [0.15, 0.2) is 0 Å². The molecular weight excluding hydrogens is 557 g/mol. The van der Waals surface area contributed by atoms with Gasteiger partial charge in [0.05, 0.1) is 0 Å². The SMILES string of the molecule is CCCCCCCCCCCC[NH][Ti+2]([CH]1C=Cc2ccccc21)[SiH](c1ccccc1)c1ccccc1.[Cl-].[Cl-]. The van der Waals surface area contributed by atoms with E-state index in [4.69, 9.17) is 0 Å². The molecule has 1 aliphatic rings. The van der Waals surface area contributed by atoms with Gasteiger partial charge in [0.25, 0.3) is 0 Å². The molecule has 203 valence electrons. The predicted octanol–water partition coefficient (Wildman–Crippen LogP) is 1.34. The van der Waals surface area contributed by atoms with Crippen LogP contribution in [0.15, 0.2) is 91.0 Å². The van der Waals surface area contributed by atoms with Gasteiger partial charge in [-0.3, -0.25) is 0 Å². The van der Waals surface area contributed by atoms with Crippen LogP contribution in [0.25, 0.3) is 6.08 Å². The Bertz CT molecular complexity index is 1010. The Kier molecular flexibility index (Phi) is 16.6. The van der Waals surface area contributed by atoms with Gasteiger partial charge in [-0.25, -0.2) is 0 Å². The van der Waals surface area contributed by atoms with Crippen molar-refractivity contribution in [2.45, 2.75) is 75.4 Å². The van der Waals surface area contributed by atoms with E-state index in [0.717, 1.165) is 0 Å². The van der Waals surface area contributed by atoms with Crippen LogP contribution in [0, 0.1) is 0 Å². The summed E-state index contributed by atoms with van der Waals surface area (Å²) in [4.78, 5) is 0. The van der Waals surface area contributed by atoms with Gasteiger partial charge in [-0.05, 0) is 0 Å². The molecule has 4 rings (SSSR count). The fourth-order valence-corrected chi connectivity index (χ4v) is 20.6. The summed E-state index contributed by atoms with van der Waals surface area (Å²) in [5.74, 6) is 0. The number of hydrogen-bond donors (Lipinski definition) is 1.